The molecule has 2 heterocycles. The largest absolute Gasteiger partial charge is 0.480 e. The number of allylic oxidation sites excluding steroid dienone is 3. The fraction of sp³-hybridized carbons (Fsp3) is 0.800. The van der Waals surface area contributed by atoms with Crippen LogP contribution in [0.25, 0.3) is 5.57 Å². The second kappa shape index (κ2) is 14.6. The fourth-order valence-corrected chi connectivity index (χ4v) is 14.3. The highest BCUT2D eigenvalue weighted by molar-refractivity contribution is 6.00. The molecule has 7 aliphatic rings. The van der Waals surface area contributed by atoms with Crippen molar-refractivity contribution in [3.63, 3.8) is 0 Å². The number of carbonyl (C=O) groups excluding carboxylic acids is 2. The molecular weight excluding hydrogens is 726 g/mol. The molecule has 1 saturated heterocycles. The molecule has 8 rings (SSSR count). The highest BCUT2D eigenvalue weighted by Gasteiger charge is 2.70. The van der Waals surface area contributed by atoms with E-state index in [1.165, 1.54) is 15.8 Å². The maximum atomic E-state index is 14.3. The van der Waals surface area contributed by atoms with E-state index in [1.54, 1.807) is 6.20 Å². The standard InChI is InChI=1S/C45H67N5O5.ClH/c1-28(2)39-33(51)22-45(36(52)25-49(23-29-10-11-29)37(53)26-48-20-8-9-21-48)19-18-43(6)31(40(39)45)12-13-35-42(5)16-14-30(32-24-50(47-46-32)27-38(54)55)41(3,4)34(42)15-17-44(35,43)7;/h14,24,28-29,31,34-36,52H,8-13,15-23,25-27H2,1-7H3,(H,54,55);1H/t31-,34+,35-,36?,42+,43-,44-,45+;/m1./s1. The number of amides is 1. The van der Waals surface area contributed by atoms with E-state index in [0.717, 1.165) is 102 Å². The van der Waals surface area contributed by atoms with Crippen molar-refractivity contribution in [2.45, 2.75) is 138 Å². The van der Waals surface area contributed by atoms with Crippen LogP contribution in [0.1, 0.15) is 131 Å². The first-order chi connectivity index (χ1) is 25.9. The van der Waals surface area contributed by atoms with Crippen molar-refractivity contribution in [3.8, 4) is 0 Å². The molecule has 0 bridgehead atoms. The average Bonchev–Trinajstić information content (AvgIpc) is 3.41. The summed E-state index contributed by atoms with van der Waals surface area (Å²) in [6.45, 7) is 19.9. The minimum absolute atomic E-state index is 0. The summed E-state index contributed by atoms with van der Waals surface area (Å²) < 4.78 is 1.42. The Labute approximate surface area is 340 Å². The predicted octanol–water partition coefficient (Wildman–Crippen LogP) is 7.45. The number of ketones is 1. The van der Waals surface area contributed by atoms with Gasteiger partial charge in [0.25, 0.3) is 0 Å². The summed E-state index contributed by atoms with van der Waals surface area (Å²) in [6.07, 6.45) is 15.4. The smallest absolute Gasteiger partial charge is 0.325 e. The van der Waals surface area contributed by atoms with Crippen LogP contribution in [0.5, 0.6) is 0 Å². The van der Waals surface area contributed by atoms with E-state index in [4.69, 9.17) is 0 Å². The molecule has 5 fully saturated rings. The zero-order chi connectivity index (χ0) is 39.3. The topological polar surface area (TPSA) is 129 Å². The number of fused-ring (bicyclic) bond motifs is 7. The van der Waals surface area contributed by atoms with Crippen LogP contribution in [0.3, 0.4) is 0 Å². The summed E-state index contributed by atoms with van der Waals surface area (Å²) in [5.74, 6) is 1.21. The van der Waals surface area contributed by atoms with Gasteiger partial charge >= 0.3 is 5.97 Å². The number of carbonyl (C=O) groups is 3. The SMILES string of the molecule is CC(C)C1=C2[C@H]3CC[C@@H]4[C@@]5(C)CC=C(c6cn(CC(=O)O)nn6)C(C)(C)[C@@H]5CC[C@@]4(C)[C@]3(C)CC[C@@]2(C(O)CN(CC2CC2)C(=O)CN2CCCC2)CC1=O.Cl. The molecule has 1 unspecified atom stereocenters. The number of carboxylic acid groups (broad SMARTS) is 1. The predicted molar refractivity (Wildman–Crippen MR) is 219 cm³/mol. The first-order valence-corrected chi connectivity index (χ1v) is 21.7. The number of aliphatic carboxylic acids is 1. The lowest BCUT2D eigenvalue weighted by atomic mass is 9.33. The van der Waals surface area contributed by atoms with E-state index in [1.807, 2.05) is 4.90 Å². The average molecular weight is 795 g/mol. The van der Waals surface area contributed by atoms with E-state index in [-0.39, 0.29) is 64.1 Å². The van der Waals surface area contributed by atoms with Crippen molar-refractivity contribution < 1.29 is 24.6 Å². The molecule has 0 spiro atoms. The third-order valence-electron chi connectivity index (χ3n) is 17.3. The monoisotopic (exact) mass is 793 g/mol. The van der Waals surface area contributed by atoms with Gasteiger partial charge in [0.1, 0.15) is 12.2 Å². The van der Waals surface area contributed by atoms with Gasteiger partial charge in [0.2, 0.25) is 5.91 Å². The molecule has 6 aliphatic carbocycles. The van der Waals surface area contributed by atoms with Crippen molar-refractivity contribution >= 4 is 35.6 Å². The Morgan fingerprint density at radius 2 is 1.66 bits per heavy atom. The molecule has 4 saturated carbocycles. The van der Waals surface area contributed by atoms with Crippen LogP contribution in [-0.4, -0.2) is 91.5 Å². The van der Waals surface area contributed by atoms with Crippen molar-refractivity contribution in [2.75, 3.05) is 32.7 Å². The number of rotatable bonds is 11. The summed E-state index contributed by atoms with van der Waals surface area (Å²) in [6, 6.07) is 0. The molecule has 11 heteroatoms. The molecule has 310 valence electrons. The Kier molecular flexibility index (Phi) is 10.9. The number of aliphatic hydroxyl groups excluding tert-OH is 1. The highest BCUT2D eigenvalue weighted by atomic mass is 35.5. The summed E-state index contributed by atoms with van der Waals surface area (Å²) in [4.78, 5) is 43.8. The highest BCUT2D eigenvalue weighted by Crippen LogP contribution is 2.77. The lowest BCUT2D eigenvalue weighted by molar-refractivity contribution is -0.200. The van der Waals surface area contributed by atoms with Crippen LogP contribution in [0.2, 0.25) is 0 Å². The third kappa shape index (κ3) is 6.45. The molecule has 0 aromatic carbocycles. The van der Waals surface area contributed by atoms with Crippen molar-refractivity contribution in [1.29, 1.82) is 0 Å². The van der Waals surface area contributed by atoms with Crippen LogP contribution in [-0.2, 0) is 20.9 Å². The van der Waals surface area contributed by atoms with Gasteiger partial charge in [-0.05, 0) is 146 Å². The normalized spacial score (nSPS) is 36.9. The number of likely N-dealkylation sites (tertiary alicyclic amines) is 1. The van der Waals surface area contributed by atoms with Gasteiger partial charge in [0, 0.05) is 24.9 Å². The quantitative estimate of drug-likeness (QED) is 0.237. The maximum absolute atomic E-state index is 14.3. The summed E-state index contributed by atoms with van der Waals surface area (Å²) in [7, 11) is 0. The van der Waals surface area contributed by atoms with Gasteiger partial charge in [-0.25, -0.2) is 4.68 Å². The molecular formula is C45H68ClN5O5. The first kappa shape index (κ1) is 41.6. The number of aromatic nitrogens is 3. The van der Waals surface area contributed by atoms with Gasteiger partial charge in [0.15, 0.2) is 5.78 Å². The van der Waals surface area contributed by atoms with Gasteiger partial charge in [0.05, 0.1) is 18.8 Å². The van der Waals surface area contributed by atoms with E-state index in [0.29, 0.717) is 37.3 Å². The lowest BCUT2D eigenvalue weighted by Gasteiger charge is -2.71. The Morgan fingerprint density at radius 1 is 0.946 bits per heavy atom. The molecule has 0 radical (unpaired) electrons. The van der Waals surface area contributed by atoms with E-state index >= 15 is 0 Å². The van der Waals surface area contributed by atoms with Crippen LogP contribution in [0.15, 0.2) is 23.4 Å². The number of nitrogens with zero attached hydrogens (tertiary/aromatic N) is 5. The molecule has 8 atom stereocenters. The van der Waals surface area contributed by atoms with Crippen molar-refractivity contribution in [3.05, 3.63) is 29.1 Å². The number of Topliss-reactive ketones (excluding diaryl/α,β-unsaturated/α-hetero) is 1. The zero-order valence-corrected chi connectivity index (χ0v) is 35.9. The Hall–Kier alpha value is -2.56. The van der Waals surface area contributed by atoms with E-state index < -0.39 is 17.5 Å². The Bertz CT molecular complexity index is 1790. The number of carboxylic acids is 1. The number of halogens is 1. The number of aliphatic hydroxyl groups is 1. The van der Waals surface area contributed by atoms with Crippen molar-refractivity contribution in [1.82, 2.24) is 24.8 Å². The van der Waals surface area contributed by atoms with Gasteiger partial charge in [-0.3, -0.25) is 19.3 Å². The second-order valence-electron chi connectivity index (χ2n) is 20.8. The van der Waals surface area contributed by atoms with Crippen molar-refractivity contribution in [2.24, 2.45) is 56.7 Å². The summed E-state index contributed by atoms with van der Waals surface area (Å²) >= 11 is 0. The Morgan fingerprint density at radius 3 is 2.32 bits per heavy atom. The molecule has 1 aliphatic heterocycles. The first-order valence-electron chi connectivity index (χ1n) is 21.7. The molecule has 56 heavy (non-hydrogen) atoms. The summed E-state index contributed by atoms with van der Waals surface area (Å²) in [5.41, 5.74) is 3.54. The van der Waals surface area contributed by atoms with Gasteiger partial charge in [-0.2, -0.15) is 0 Å². The Balaban J connectivity index is 0.00000480. The van der Waals surface area contributed by atoms with Crippen LogP contribution >= 0.6 is 12.4 Å². The van der Waals surface area contributed by atoms with Gasteiger partial charge in [-0.15, -0.1) is 17.5 Å². The van der Waals surface area contributed by atoms with Gasteiger partial charge < -0.3 is 15.1 Å². The zero-order valence-electron chi connectivity index (χ0n) is 35.1. The maximum Gasteiger partial charge on any atom is 0.325 e. The van der Waals surface area contributed by atoms with Crippen LogP contribution < -0.4 is 0 Å². The second-order valence-corrected chi connectivity index (χ2v) is 20.8. The molecule has 1 aromatic rings. The number of hydrogen-bond donors (Lipinski definition) is 2. The van der Waals surface area contributed by atoms with Crippen LogP contribution in [0.4, 0.5) is 0 Å². The lowest BCUT2D eigenvalue weighted by Crippen LogP contribution is -2.64. The molecule has 10 nitrogen and oxygen atoms in total. The molecule has 2 N–H and O–H groups in total. The van der Waals surface area contributed by atoms with E-state index in [2.05, 4.69) is 69.8 Å². The molecule has 1 aromatic heterocycles. The third-order valence-corrected chi connectivity index (χ3v) is 17.3. The van der Waals surface area contributed by atoms with Crippen LogP contribution in [0, 0.1) is 56.7 Å². The summed E-state index contributed by atoms with van der Waals surface area (Å²) in [5, 5.41) is 30.6. The number of hydrogen-bond acceptors (Lipinski definition) is 7. The minimum Gasteiger partial charge on any atom is -0.480 e. The van der Waals surface area contributed by atoms with E-state index in [9.17, 15) is 24.6 Å². The van der Waals surface area contributed by atoms with Gasteiger partial charge in [-0.1, -0.05) is 65.3 Å². The minimum atomic E-state index is -0.928. The molecule has 1 amide bonds. The fourth-order valence-electron chi connectivity index (χ4n) is 14.3.